The van der Waals surface area contributed by atoms with Gasteiger partial charge < -0.3 is 29.0 Å². The molecule has 9 atom stereocenters. The van der Waals surface area contributed by atoms with Crippen molar-refractivity contribution < 1.29 is 47.7 Å². The number of carbonyl (C=O) groups is 5. The van der Waals surface area contributed by atoms with Gasteiger partial charge in [-0.1, -0.05) is 57.7 Å². The first-order valence-corrected chi connectivity index (χ1v) is 16.9. The molecular weight excluding hydrogens is 630 g/mol. The maximum absolute atomic E-state index is 13.5. The molecule has 2 saturated carbocycles. The third-order valence-electron chi connectivity index (χ3n) is 10.8. The number of fused-ring (bicyclic) bond motifs is 3. The molecule has 1 N–H and O–H groups in total. The van der Waals surface area contributed by atoms with Gasteiger partial charge in [-0.15, -0.1) is 0 Å². The van der Waals surface area contributed by atoms with Crippen LogP contribution in [0.5, 0.6) is 0 Å². The van der Waals surface area contributed by atoms with Gasteiger partial charge in [0.25, 0.3) is 0 Å². The molecule has 1 unspecified atom stereocenters. The molecule has 0 spiro atoms. The summed E-state index contributed by atoms with van der Waals surface area (Å²) in [6, 6.07) is 9.31. The van der Waals surface area contributed by atoms with Crippen LogP contribution in [0.15, 0.2) is 53.6 Å². The topological polar surface area (TPSA) is 144 Å². The van der Waals surface area contributed by atoms with Gasteiger partial charge in [-0.25, -0.2) is 0 Å². The summed E-state index contributed by atoms with van der Waals surface area (Å²) < 4.78 is 30.4. The minimum Gasteiger partial charge on any atom is -0.462 e. The monoisotopic (exact) mass is 681 g/mol. The molecule has 268 valence electrons. The summed E-state index contributed by atoms with van der Waals surface area (Å²) >= 11 is 0. The molecule has 49 heavy (non-hydrogen) atoms. The lowest BCUT2D eigenvalue weighted by Crippen LogP contribution is -2.64. The minimum absolute atomic E-state index is 0.0668. The van der Waals surface area contributed by atoms with Crippen molar-refractivity contribution in [2.45, 2.75) is 118 Å². The normalized spacial score (nSPS) is 31.2. The molecule has 3 aliphatic carbocycles. The molecule has 4 rings (SSSR count). The molecule has 3 aliphatic rings. The molecule has 11 heteroatoms. The number of hydrogen-bond acceptors (Lipinski definition) is 11. The van der Waals surface area contributed by atoms with Crippen molar-refractivity contribution in [3.8, 4) is 0 Å². The third-order valence-corrected chi connectivity index (χ3v) is 10.8. The fraction of sp³-hybridized carbons (Fsp3) is 0.605. The standard InChI is InChI=1S/C38H51NO10/c1-20-29(49-31(44)19-28(39-10)26-14-12-11-13-15-26)16-17-38(9)33(20)34(46-23(4)41)27-18-30(45-22(3)40)21(2)32(37(27,7)8)35(47-24(5)42)36(38)48-25(6)43/h11-15,27-30,33-36,39H,1,16-19H2,2-10H3/t27-,28?,29-,30-,33-,34+,35+,36-,38+/m0/s1. The number of hydrogen-bond donors (Lipinski definition) is 1. The Balaban J connectivity index is 1.87. The van der Waals surface area contributed by atoms with Crippen molar-refractivity contribution in [3.63, 3.8) is 0 Å². The summed E-state index contributed by atoms with van der Waals surface area (Å²) in [6.07, 6.45) is -3.39. The molecule has 2 fully saturated rings. The predicted molar refractivity (Wildman–Crippen MR) is 180 cm³/mol. The smallest absolute Gasteiger partial charge is 0.308 e. The van der Waals surface area contributed by atoms with Crippen LogP contribution in [0.25, 0.3) is 0 Å². The van der Waals surface area contributed by atoms with E-state index in [1.54, 1.807) is 7.05 Å². The van der Waals surface area contributed by atoms with E-state index in [1.165, 1.54) is 27.7 Å². The van der Waals surface area contributed by atoms with Crippen LogP contribution >= 0.6 is 0 Å². The van der Waals surface area contributed by atoms with Crippen molar-refractivity contribution in [2.24, 2.45) is 22.7 Å². The number of esters is 5. The van der Waals surface area contributed by atoms with Crippen molar-refractivity contribution in [2.75, 3.05) is 7.05 Å². The zero-order valence-electron chi connectivity index (χ0n) is 30.1. The Morgan fingerprint density at radius 3 is 2.00 bits per heavy atom. The molecule has 0 amide bonds. The van der Waals surface area contributed by atoms with Crippen molar-refractivity contribution in [1.82, 2.24) is 5.32 Å². The first-order valence-electron chi connectivity index (χ1n) is 16.9. The summed E-state index contributed by atoms with van der Waals surface area (Å²) in [5, 5.41) is 3.18. The van der Waals surface area contributed by atoms with Gasteiger partial charge in [0.2, 0.25) is 0 Å². The van der Waals surface area contributed by atoms with Crippen LogP contribution in [-0.2, 0) is 47.7 Å². The number of ether oxygens (including phenoxy) is 5. The molecule has 2 bridgehead atoms. The summed E-state index contributed by atoms with van der Waals surface area (Å²) in [5.74, 6) is -3.84. The van der Waals surface area contributed by atoms with Gasteiger partial charge in [-0.3, -0.25) is 24.0 Å². The highest BCUT2D eigenvalue weighted by molar-refractivity contribution is 5.71. The SMILES string of the molecule is C=C1[C@@H](OC(=O)CC(NC)c2ccccc2)CC[C@@]2(C)[C@@H](OC(C)=O)[C@H](OC(C)=O)C3=C(C)[C@@H](OC(C)=O)C[C@@H]([C@@H](OC(C)=O)[C@H]12)C3(C)C. The molecule has 1 aromatic carbocycles. The Labute approximate surface area is 289 Å². The third kappa shape index (κ3) is 7.77. The molecule has 0 saturated heterocycles. The van der Waals surface area contributed by atoms with Crippen molar-refractivity contribution in [1.29, 1.82) is 0 Å². The average molecular weight is 682 g/mol. The molecule has 0 radical (unpaired) electrons. The van der Waals surface area contributed by atoms with E-state index in [4.69, 9.17) is 23.7 Å². The second kappa shape index (κ2) is 14.9. The van der Waals surface area contributed by atoms with Gasteiger partial charge in [0.1, 0.15) is 24.4 Å². The largest absolute Gasteiger partial charge is 0.462 e. The van der Waals surface area contributed by atoms with Crippen LogP contribution < -0.4 is 5.32 Å². The lowest BCUT2D eigenvalue weighted by Gasteiger charge is -2.60. The highest BCUT2D eigenvalue weighted by Crippen LogP contribution is 2.61. The quantitative estimate of drug-likeness (QED) is 0.205. The van der Waals surface area contributed by atoms with Crippen molar-refractivity contribution >= 4 is 29.8 Å². The first-order chi connectivity index (χ1) is 22.9. The fourth-order valence-electron chi connectivity index (χ4n) is 8.69. The predicted octanol–water partition coefficient (Wildman–Crippen LogP) is 5.32. The highest BCUT2D eigenvalue weighted by atomic mass is 16.6. The Morgan fingerprint density at radius 2 is 1.45 bits per heavy atom. The molecule has 11 nitrogen and oxygen atoms in total. The minimum atomic E-state index is -1.06. The van der Waals surface area contributed by atoms with Crippen LogP contribution in [0.1, 0.15) is 92.7 Å². The van der Waals surface area contributed by atoms with Gasteiger partial charge in [-0.2, -0.15) is 0 Å². The first kappa shape index (κ1) is 37.8. The maximum atomic E-state index is 13.5. The average Bonchev–Trinajstić information content (AvgIpc) is 3.00. The summed E-state index contributed by atoms with van der Waals surface area (Å²) in [4.78, 5) is 64.4. The Kier molecular flexibility index (Phi) is 11.5. The lowest BCUT2D eigenvalue weighted by molar-refractivity contribution is -0.205. The van der Waals surface area contributed by atoms with E-state index in [0.717, 1.165) is 5.56 Å². The van der Waals surface area contributed by atoms with Gasteiger partial charge >= 0.3 is 29.8 Å². The second-order valence-electron chi connectivity index (χ2n) is 14.4. The summed E-state index contributed by atoms with van der Waals surface area (Å²) in [7, 11) is 1.78. The van der Waals surface area contributed by atoms with Gasteiger partial charge in [0.05, 0.1) is 6.42 Å². The van der Waals surface area contributed by atoms with E-state index in [1.807, 2.05) is 58.0 Å². The zero-order chi connectivity index (χ0) is 36.4. The molecule has 0 heterocycles. The molecule has 1 aromatic rings. The second-order valence-corrected chi connectivity index (χ2v) is 14.4. The Morgan fingerprint density at radius 1 is 0.857 bits per heavy atom. The van der Waals surface area contributed by atoms with E-state index in [9.17, 15) is 24.0 Å². The van der Waals surface area contributed by atoms with Crippen molar-refractivity contribution in [3.05, 3.63) is 59.2 Å². The Hall–Kier alpha value is -3.99. The number of benzene rings is 1. The van der Waals surface area contributed by atoms with Gasteiger partial charge in [0.15, 0.2) is 6.10 Å². The van der Waals surface area contributed by atoms with Crippen LogP contribution in [0.4, 0.5) is 0 Å². The molecule has 0 aromatic heterocycles. The maximum Gasteiger partial charge on any atom is 0.308 e. The lowest BCUT2D eigenvalue weighted by atomic mass is 9.49. The fourth-order valence-corrected chi connectivity index (χ4v) is 8.69. The number of carbonyl (C=O) groups excluding carboxylic acids is 5. The highest BCUT2D eigenvalue weighted by Gasteiger charge is 2.64. The summed E-state index contributed by atoms with van der Waals surface area (Å²) in [5.41, 5.74) is 0.947. The Bertz CT molecular complexity index is 1500. The van der Waals surface area contributed by atoms with E-state index in [-0.39, 0.29) is 12.5 Å². The van der Waals surface area contributed by atoms with Crippen LogP contribution in [0.3, 0.4) is 0 Å². The molecule has 0 aliphatic heterocycles. The molecular formula is C38H51NO10. The van der Waals surface area contributed by atoms with Crippen LogP contribution in [-0.4, -0.2) is 67.4 Å². The van der Waals surface area contributed by atoms with E-state index in [2.05, 4.69) is 11.9 Å². The van der Waals surface area contributed by atoms with E-state index >= 15 is 0 Å². The van der Waals surface area contributed by atoms with E-state index < -0.39 is 83.0 Å². The van der Waals surface area contributed by atoms with E-state index in [0.29, 0.717) is 36.0 Å². The van der Waals surface area contributed by atoms with Gasteiger partial charge in [0, 0.05) is 51.0 Å². The van der Waals surface area contributed by atoms with Gasteiger partial charge in [-0.05, 0) is 60.9 Å². The van der Waals surface area contributed by atoms with Crippen LogP contribution in [0.2, 0.25) is 0 Å². The number of nitrogens with one attached hydrogen (secondary N) is 1. The summed E-state index contributed by atoms with van der Waals surface area (Å²) in [6.45, 7) is 17.4. The van der Waals surface area contributed by atoms with Crippen LogP contribution in [0, 0.1) is 22.7 Å². The number of rotatable bonds is 9. The zero-order valence-corrected chi connectivity index (χ0v) is 30.1.